The first-order valence-electron chi connectivity index (χ1n) is 6.76. The maximum atomic E-state index is 13.1. The molecule has 1 amide bonds. The van der Waals surface area contributed by atoms with Gasteiger partial charge in [0.1, 0.15) is 6.04 Å². The summed E-state index contributed by atoms with van der Waals surface area (Å²) in [6.45, 7) is 3.13. The van der Waals surface area contributed by atoms with E-state index in [4.69, 9.17) is 5.11 Å². The summed E-state index contributed by atoms with van der Waals surface area (Å²) >= 11 is 0. The summed E-state index contributed by atoms with van der Waals surface area (Å²) in [4.78, 5) is 22.8. The van der Waals surface area contributed by atoms with Crippen molar-refractivity contribution < 1.29 is 27.9 Å². The third-order valence-electron chi connectivity index (χ3n) is 3.24. The first-order chi connectivity index (χ1) is 10.1. The second-order valence-corrected chi connectivity index (χ2v) is 5.34. The van der Waals surface area contributed by atoms with Gasteiger partial charge in [0.05, 0.1) is 5.92 Å². The Kier molecular flexibility index (Phi) is 5.96. The van der Waals surface area contributed by atoms with E-state index in [9.17, 15) is 22.8 Å². The van der Waals surface area contributed by atoms with Crippen LogP contribution in [0.2, 0.25) is 0 Å². The van der Waals surface area contributed by atoms with Crippen molar-refractivity contribution in [3.8, 4) is 0 Å². The molecular formula is C15H18F3NO3. The number of carbonyl (C=O) groups excluding carboxylic acids is 1. The van der Waals surface area contributed by atoms with Crippen LogP contribution in [0.4, 0.5) is 13.2 Å². The number of amides is 1. The van der Waals surface area contributed by atoms with Crippen LogP contribution in [0.25, 0.3) is 0 Å². The lowest BCUT2D eigenvalue weighted by Gasteiger charge is -2.23. The van der Waals surface area contributed by atoms with Crippen molar-refractivity contribution >= 4 is 11.9 Å². The monoisotopic (exact) mass is 317 g/mol. The first-order valence-corrected chi connectivity index (χ1v) is 6.76. The number of rotatable bonds is 6. The molecule has 0 aliphatic rings. The number of carboxylic acids is 1. The molecule has 0 saturated heterocycles. The highest BCUT2D eigenvalue weighted by Gasteiger charge is 2.42. The Morgan fingerprint density at radius 1 is 1.18 bits per heavy atom. The third-order valence-corrected chi connectivity index (χ3v) is 3.24. The molecule has 7 heteroatoms. The van der Waals surface area contributed by atoms with Crippen molar-refractivity contribution in [2.45, 2.75) is 38.4 Å². The van der Waals surface area contributed by atoms with E-state index in [0.29, 0.717) is 0 Å². The van der Waals surface area contributed by atoms with Gasteiger partial charge in [-0.1, -0.05) is 44.2 Å². The number of alkyl halides is 3. The number of hydrogen-bond acceptors (Lipinski definition) is 2. The highest BCUT2D eigenvalue weighted by atomic mass is 19.4. The molecule has 22 heavy (non-hydrogen) atoms. The molecule has 1 aromatic carbocycles. The largest absolute Gasteiger partial charge is 0.480 e. The number of benzene rings is 1. The summed E-state index contributed by atoms with van der Waals surface area (Å²) in [5, 5.41) is 11.1. The number of nitrogens with one attached hydrogen (secondary N) is 1. The average Bonchev–Trinajstić information content (AvgIpc) is 2.41. The van der Waals surface area contributed by atoms with Crippen molar-refractivity contribution in [2.75, 3.05) is 0 Å². The summed E-state index contributed by atoms with van der Waals surface area (Å²) in [5.74, 6) is -4.60. The first kappa shape index (κ1) is 18.0. The van der Waals surface area contributed by atoms with Crippen LogP contribution in [-0.2, 0) is 9.59 Å². The van der Waals surface area contributed by atoms with E-state index < -0.39 is 42.4 Å². The minimum atomic E-state index is -4.59. The SMILES string of the molecule is CC(C)[C@@H](NC(=O)CC(c1ccccc1)C(F)(F)F)C(=O)O. The fraction of sp³-hybridized carbons (Fsp3) is 0.467. The second-order valence-electron chi connectivity index (χ2n) is 5.34. The molecule has 1 rings (SSSR count). The van der Waals surface area contributed by atoms with E-state index in [-0.39, 0.29) is 5.56 Å². The number of carbonyl (C=O) groups is 2. The Bertz CT molecular complexity index is 515. The van der Waals surface area contributed by atoms with E-state index in [1.54, 1.807) is 19.9 Å². The van der Waals surface area contributed by atoms with Gasteiger partial charge in [0.25, 0.3) is 0 Å². The Morgan fingerprint density at radius 3 is 2.14 bits per heavy atom. The molecule has 1 unspecified atom stereocenters. The highest BCUT2D eigenvalue weighted by Crippen LogP contribution is 2.37. The van der Waals surface area contributed by atoms with Crippen molar-refractivity contribution in [1.29, 1.82) is 0 Å². The Labute approximate surface area is 126 Å². The van der Waals surface area contributed by atoms with Gasteiger partial charge in [-0.25, -0.2) is 4.79 Å². The molecular weight excluding hydrogens is 299 g/mol. The van der Waals surface area contributed by atoms with Crippen LogP contribution >= 0.6 is 0 Å². The molecule has 0 heterocycles. The van der Waals surface area contributed by atoms with Gasteiger partial charge in [-0.2, -0.15) is 13.2 Å². The summed E-state index contributed by atoms with van der Waals surface area (Å²) in [6, 6.07) is 5.87. The third kappa shape index (κ3) is 5.05. The minimum absolute atomic E-state index is 0.0263. The zero-order valence-corrected chi connectivity index (χ0v) is 12.2. The topological polar surface area (TPSA) is 66.4 Å². The maximum absolute atomic E-state index is 13.1. The van der Waals surface area contributed by atoms with E-state index in [2.05, 4.69) is 5.32 Å². The molecule has 0 radical (unpaired) electrons. The van der Waals surface area contributed by atoms with Crippen molar-refractivity contribution in [2.24, 2.45) is 5.92 Å². The Morgan fingerprint density at radius 2 is 1.73 bits per heavy atom. The molecule has 0 aliphatic carbocycles. The van der Waals surface area contributed by atoms with Crippen LogP contribution in [0.15, 0.2) is 30.3 Å². The van der Waals surface area contributed by atoms with E-state index >= 15 is 0 Å². The summed E-state index contributed by atoms with van der Waals surface area (Å²) in [6.07, 6.45) is -5.43. The zero-order valence-electron chi connectivity index (χ0n) is 12.2. The molecule has 0 fully saturated rings. The number of carboxylic acid groups (broad SMARTS) is 1. The summed E-state index contributed by atoms with van der Waals surface area (Å²) in [5.41, 5.74) is -0.0263. The predicted molar refractivity (Wildman–Crippen MR) is 74.3 cm³/mol. The molecule has 2 N–H and O–H groups in total. The van der Waals surface area contributed by atoms with Gasteiger partial charge >= 0.3 is 12.1 Å². The summed E-state index contributed by atoms with van der Waals surface area (Å²) in [7, 11) is 0. The van der Waals surface area contributed by atoms with Gasteiger partial charge in [0.2, 0.25) is 5.91 Å². The predicted octanol–water partition coefficient (Wildman–Crippen LogP) is 2.95. The van der Waals surface area contributed by atoms with Crippen molar-refractivity contribution in [1.82, 2.24) is 5.32 Å². The van der Waals surface area contributed by atoms with Gasteiger partial charge in [-0.15, -0.1) is 0 Å². The Balaban J connectivity index is 2.87. The lowest BCUT2D eigenvalue weighted by atomic mass is 9.94. The van der Waals surface area contributed by atoms with Crippen molar-refractivity contribution in [3.05, 3.63) is 35.9 Å². The lowest BCUT2D eigenvalue weighted by molar-refractivity contribution is -0.158. The van der Waals surface area contributed by atoms with Crippen molar-refractivity contribution in [3.63, 3.8) is 0 Å². The van der Waals surface area contributed by atoms with Gasteiger partial charge < -0.3 is 10.4 Å². The standard InChI is InChI=1S/C15H18F3NO3/c1-9(2)13(14(21)22)19-12(20)8-11(15(16,17)18)10-6-4-3-5-7-10/h3-7,9,11,13H,8H2,1-2H3,(H,19,20)(H,21,22)/t11?,13-/m1/s1. The van der Waals surface area contributed by atoms with E-state index in [0.717, 1.165) is 0 Å². The fourth-order valence-corrected chi connectivity index (χ4v) is 2.04. The van der Waals surface area contributed by atoms with E-state index in [1.165, 1.54) is 24.3 Å². The van der Waals surface area contributed by atoms with E-state index in [1.807, 2.05) is 0 Å². The van der Waals surface area contributed by atoms with Crippen LogP contribution < -0.4 is 5.32 Å². The van der Waals surface area contributed by atoms with Gasteiger partial charge in [0, 0.05) is 6.42 Å². The van der Waals surface area contributed by atoms with Crippen LogP contribution in [0.5, 0.6) is 0 Å². The zero-order chi connectivity index (χ0) is 16.9. The molecule has 0 saturated carbocycles. The summed E-state index contributed by atoms with van der Waals surface area (Å²) < 4.78 is 39.4. The highest BCUT2D eigenvalue weighted by molar-refractivity contribution is 5.84. The van der Waals surface area contributed by atoms with Gasteiger partial charge in [-0.3, -0.25) is 4.79 Å². The van der Waals surface area contributed by atoms with Crippen LogP contribution in [0.1, 0.15) is 31.7 Å². The molecule has 122 valence electrons. The lowest BCUT2D eigenvalue weighted by Crippen LogP contribution is -2.45. The molecule has 1 aromatic rings. The molecule has 0 aliphatic heterocycles. The molecule has 0 spiro atoms. The van der Waals surface area contributed by atoms with Crippen LogP contribution in [-0.4, -0.2) is 29.2 Å². The maximum Gasteiger partial charge on any atom is 0.396 e. The normalized spacial score (nSPS) is 14.5. The number of aliphatic carboxylic acids is 1. The Hall–Kier alpha value is -2.05. The van der Waals surface area contributed by atoms with Gasteiger partial charge in [-0.05, 0) is 11.5 Å². The minimum Gasteiger partial charge on any atom is -0.480 e. The molecule has 4 nitrogen and oxygen atoms in total. The number of halogens is 3. The smallest absolute Gasteiger partial charge is 0.396 e. The van der Waals surface area contributed by atoms with Crippen LogP contribution in [0.3, 0.4) is 0 Å². The number of hydrogen-bond donors (Lipinski definition) is 2. The van der Waals surface area contributed by atoms with Gasteiger partial charge in [0.15, 0.2) is 0 Å². The fourth-order valence-electron chi connectivity index (χ4n) is 2.04. The molecule has 0 aromatic heterocycles. The van der Waals surface area contributed by atoms with Crippen LogP contribution in [0, 0.1) is 5.92 Å². The molecule has 2 atom stereocenters. The average molecular weight is 317 g/mol. The second kappa shape index (κ2) is 7.29. The molecule has 0 bridgehead atoms. The quantitative estimate of drug-likeness (QED) is 0.848.